The lowest BCUT2D eigenvalue weighted by molar-refractivity contribution is -0.120. The normalized spacial score (nSPS) is 20.8. The number of hydrogen-bond donors (Lipinski definition) is 2. The quantitative estimate of drug-likeness (QED) is 0.855. The van der Waals surface area contributed by atoms with Crippen molar-refractivity contribution in [2.75, 3.05) is 11.9 Å². The number of carbonyl (C=O) groups is 1. The van der Waals surface area contributed by atoms with Crippen LogP contribution in [0.4, 0.5) is 5.69 Å². The molecule has 2 aromatic rings. The Morgan fingerprint density at radius 2 is 2.25 bits per heavy atom. The molecule has 0 unspecified atom stereocenters. The Kier molecular flexibility index (Phi) is 5.58. The second kappa shape index (κ2) is 7.68. The predicted molar refractivity (Wildman–Crippen MR) is 101 cm³/mol. The first kappa shape index (κ1) is 17.5. The Morgan fingerprint density at radius 1 is 1.42 bits per heavy atom. The zero-order chi connectivity index (χ0) is 17.1. The van der Waals surface area contributed by atoms with Gasteiger partial charge in [0.05, 0.1) is 0 Å². The summed E-state index contributed by atoms with van der Waals surface area (Å²) in [6.45, 7) is 7.10. The summed E-state index contributed by atoms with van der Waals surface area (Å²) in [6.07, 6.45) is 1.81. The van der Waals surface area contributed by atoms with E-state index in [4.69, 9.17) is 0 Å². The summed E-state index contributed by atoms with van der Waals surface area (Å²) in [4.78, 5) is 18.1. The van der Waals surface area contributed by atoms with Gasteiger partial charge in [-0.15, -0.1) is 11.3 Å². The number of hydrogen-bond acceptors (Lipinski definition) is 5. The minimum atomic E-state index is 0.105. The van der Waals surface area contributed by atoms with Gasteiger partial charge < -0.3 is 10.6 Å². The molecular formula is C18H23N3OS2. The molecule has 1 aromatic heterocycles. The van der Waals surface area contributed by atoms with Crippen molar-refractivity contribution in [1.82, 2.24) is 10.3 Å². The Bertz CT molecular complexity index is 729. The molecule has 2 N–H and O–H groups in total. The van der Waals surface area contributed by atoms with Gasteiger partial charge in [-0.1, -0.05) is 11.8 Å². The third-order valence-electron chi connectivity index (χ3n) is 4.25. The van der Waals surface area contributed by atoms with Crippen LogP contribution < -0.4 is 10.6 Å². The number of benzene rings is 1. The third kappa shape index (κ3) is 4.37. The van der Waals surface area contributed by atoms with E-state index in [2.05, 4.69) is 40.1 Å². The molecule has 2 atom stereocenters. The molecule has 2 heterocycles. The molecule has 0 bridgehead atoms. The molecule has 0 radical (unpaired) electrons. The summed E-state index contributed by atoms with van der Waals surface area (Å²) >= 11 is 3.33. The van der Waals surface area contributed by atoms with Crippen molar-refractivity contribution < 1.29 is 4.79 Å². The summed E-state index contributed by atoms with van der Waals surface area (Å²) < 4.78 is 1.05. The minimum Gasteiger partial charge on any atom is -0.326 e. The molecule has 1 saturated heterocycles. The fourth-order valence-electron chi connectivity index (χ4n) is 2.92. The van der Waals surface area contributed by atoms with Gasteiger partial charge in [-0.3, -0.25) is 4.79 Å². The van der Waals surface area contributed by atoms with Crippen LogP contribution in [0.1, 0.15) is 31.0 Å². The number of amides is 1. The summed E-state index contributed by atoms with van der Waals surface area (Å²) in [5, 5.41) is 8.55. The third-order valence-corrected chi connectivity index (χ3v) is 6.30. The number of piperidine rings is 1. The standard InChI is InChI=1S/C18H23N3OS2/c1-11-8-15(24-18-20-13(3)10-23-18)4-5-16(11)21-17(22)14-6-7-19-12(2)9-14/h4-5,8,10,12,14,19H,6-7,9H2,1-3H3,(H,21,22)/t12-,14-/m0/s1. The largest absolute Gasteiger partial charge is 0.326 e. The number of carbonyl (C=O) groups excluding carboxylic acids is 1. The van der Waals surface area contributed by atoms with Crippen LogP contribution in [0.5, 0.6) is 0 Å². The van der Waals surface area contributed by atoms with E-state index in [1.54, 1.807) is 23.1 Å². The van der Waals surface area contributed by atoms with Gasteiger partial charge in [0.15, 0.2) is 4.34 Å². The van der Waals surface area contributed by atoms with Gasteiger partial charge in [0.2, 0.25) is 5.91 Å². The smallest absolute Gasteiger partial charge is 0.227 e. The summed E-state index contributed by atoms with van der Waals surface area (Å²) in [6, 6.07) is 6.58. The van der Waals surface area contributed by atoms with Crippen molar-refractivity contribution in [3.05, 3.63) is 34.8 Å². The van der Waals surface area contributed by atoms with E-state index in [0.29, 0.717) is 6.04 Å². The number of thiazole rings is 1. The summed E-state index contributed by atoms with van der Waals surface area (Å²) in [5.74, 6) is 0.246. The van der Waals surface area contributed by atoms with Gasteiger partial charge in [-0.25, -0.2) is 4.98 Å². The number of anilines is 1. The molecule has 0 aliphatic carbocycles. The van der Waals surface area contributed by atoms with E-state index in [0.717, 1.165) is 45.6 Å². The van der Waals surface area contributed by atoms with E-state index >= 15 is 0 Å². The van der Waals surface area contributed by atoms with Crippen LogP contribution in [-0.4, -0.2) is 23.5 Å². The average Bonchev–Trinajstić information content (AvgIpc) is 2.95. The van der Waals surface area contributed by atoms with E-state index in [1.807, 2.05) is 19.9 Å². The highest BCUT2D eigenvalue weighted by Gasteiger charge is 2.24. The van der Waals surface area contributed by atoms with Gasteiger partial charge in [-0.05, 0) is 63.9 Å². The molecule has 4 nitrogen and oxygen atoms in total. The van der Waals surface area contributed by atoms with Crippen molar-refractivity contribution in [3.63, 3.8) is 0 Å². The first-order valence-electron chi connectivity index (χ1n) is 8.26. The number of nitrogens with zero attached hydrogens (tertiary/aromatic N) is 1. The molecule has 3 rings (SSSR count). The Labute approximate surface area is 151 Å². The molecule has 1 aliphatic rings. The second-order valence-corrected chi connectivity index (χ2v) is 8.58. The molecule has 1 fully saturated rings. The zero-order valence-corrected chi connectivity index (χ0v) is 15.9. The van der Waals surface area contributed by atoms with Crippen molar-refractivity contribution in [2.45, 2.75) is 48.9 Å². The van der Waals surface area contributed by atoms with Crippen LogP contribution in [0.25, 0.3) is 0 Å². The molecule has 1 aliphatic heterocycles. The topological polar surface area (TPSA) is 54.0 Å². The van der Waals surface area contributed by atoms with E-state index in [9.17, 15) is 4.79 Å². The monoisotopic (exact) mass is 361 g/mol. The molecule has 0 spiro atoms. The molecule has 1 aromatic carbocycles. The highest BCUT2D eigenvalue weighted by molar-refractivity contribution is 8.01. The second-order valence-electron chi connectivity index (χ2n) is 6.40. The van der Waals surface area contributed by atoms with E-state index in [1.165, 1.54) is 0 Å². The van der Waals surface area contributed by atoms with Crippen LogP contribution in [-0.2, 0) is 4.79 Å². The van der Waals surface area contributed by atoms with Crippen molar-refractivity contribution in [3.8, 4) is 0 Å². The first-order valence-corrected chi connectivity index (χ1v) is 9.96. The fourth-order valence-corrected chi connectivity index (χ4v) is 4.83. The average molecular weight is 362 g/mol. The maximum atomic E-state index is 12.5. The lowest BCUT2D eigenvalue weighted by atomic mass is 9.92. The van der Waals surface area contributed by atoms with Gasteiger partial charge in [0, 0.05) is 33.6 Å². The summed E-state index contributed by atoms with van der Waals surface area (Å²) in [5.41, 5.74) is 3.05. The number of nitrogens with one attached hydrogen (secondary N) is 2. The van der Waals surface area contributed by atoms with Crippen LogP contribution in [0, 0.1) is 19.8 Å². The van der Waals surface area contributed by atoms with Crippen LogP contribution in [0.15, 0.2) is 32.8 Å². The SMILES string of the molecule is Cc1csc(Sc2ccc(NC(=O)[C@H]3CCN[C@@H](C)C3)c(C)c2)n1. The minimum absolute atomic E-state index is 0.105. The highest BCUT2D eigenvalue weighted by Crippen LogP contribution is 2.32. The van der Waals surface area contributed by atoms with Gasteiger partial charge in [0.1, 0.15) is 0 Å². The zero-order valence-electron chi connectivity index (χ0n) is 14.3. The summed E-state index contributed by atoms with van der Waals surface area (Å²) in [7, 11) is 0. The van der Waals surface area contributed by atoms with Crippen LogP contribution in [0.3, 0.4) is 0 Å². The molecule has 128 valence electrons. The molecule has 6 heteroatoms. The van der Waals surface area contributed by atoms with Gasteiger partial charge >= 0.3 is 0 Å². The highest BCUT2D eigenvalue weighted by atomic mass is 32.2. The number of rotatable bonds is 4. The Hall–Kier alpha value is -1.37. The maximum Gasteiger partial charge on any atom is 0.227 e. The number of aromatic nitrogens is 1. The molecule has 24 heavy (non-hydrogen) atoms. The van der Waals surface area contributed by atoms with E-state index in [-0.39, 0.29) is 11.8 Å². The van der Waals surface area contributed by atoms with Gasteiger partial charge in [0.25, 0.3) is 0 Å². The fraction of sp³-hybridized carbons (Fsp3) is 0.444. The Balaban J connectivity index is 1.65. The molecule has 0 saturated carbocycles. The van der Waals surface area contributed by atoms with Crippen molar-refractivity contribution in [2.24, 2.45) is 5.92 Å². The Morgan fingerprint density at radius 3 is 2.92 bits per heavy atom. The molecular weight excluding hydrogens is 338 g/mol. The predicted octanol–water partition coefficient (Wildman–Crippen LogP) is 4.24. The van der Waals surface area contributed by atoms with Crippen LogP contribution in [0.2, 0.25) is 0 Å². The lowest BCUT2D eigenvalue weighted by Crippen LogP contribution is -2.40. The first-order chi connectivity index (χ1) is 11.5. The maximum absolute atomic E-state index is 12.5. The molecule has 1 amide bonds. The number of aryl methyl sites for hydroxylation is 2. The van der Waals surface area contributed by atoms with E-state index < -0.39 is 0 Å². The van der Waals surface area contributed by atoms with Gasteiger partial charge in [-0.2, -0.15) is 0 Å². The van der Waals surface area contributed by atoms with Crippen molar-refractivity contribution in [1.29, 1.82) is 0 Å². The van der Waals surface area contributed by atoms with Crippen molar-refractivity contribution >= 4 is 34.7 Å². The lowest BCUT2D eigenvalue weighted by Gasteiger charge is -2.27. The van der Waals surface area contributed by atoms with Crippen LogP contribution >= 0.6 is 23.1 Å².